The number of aromatic amines is 1. The number of nitrogens with zero attached hydrogens (tertiary/aromatic N) is 6. The molecule has 0 bridgehead atoms. The molecule has 5 rings (SSSR count). The summed E-state index contributed by atoms with van der Waals surface area (Å²) in [4.78, 5) is 15.2. The Morgan fingerprint density at radius 2 is 2.03 bits per heavy atom. The summed E-state index contributed by atoms with van der Waals surface area (Å²) in [5.74, 6) is -0.637. The molecule has 0 amide bonds. The van der Waals surface area contributed by atoms with Gasteiger partial charge in [-0.3, -0.25) is 9.55 Å². The van der Waals surface area contributed by atoms with Crippen LogP contribution in [0.25, 0.3) is 28.4 Å². The molecule has 1 aromatic carbocycles. The van der Waals surface area contributed by atoms with Gasteiger partial charge in [0.05, 0.1) is 28.0 Å². The summed E-state index contributed by atoms with van der Waals surface area (Å²) in [5.41, 5.74) is -0.0512. The molecular formula is C20H13F4N7S. The number of nitrogens with one attached hydrogen (secondary N) is 1. The summed E-state index contributed by atoms with van der Waals surface area (Å²) in [7, 11) is 0. The van der Waals surface area contributed by atoms with Gasteiger partial charge in [-0.2, -0.15) is 13.2 Å². The zero-order chi connectivity index (χ0) is 22.5. The van der Waals surface area contributed by atoms with Crippen molar-refractivity contribution >= 4 is 22.4 Å². The molecule has 4 aromatic heterocycles. The van der Waals surface area contributed by atoms with Crippen LogP contribution in [0.5, 0.6) is 0 Å². The van der Waals surface area contributed by atoms with Gasteiger partial charge in [-0.25, -0.2) is 14.4 Å². The highest BCUT2D eigenvalue weighted by Gasteiger charge is 2.35. The van der Waals surface area contributed by atoms with E-state index >= 15 is 0 Å². The van der Waals surface area contributed by atoms with E-state index in [-0.39, 0.29) is 28.8 Å². The first-order valence-corrected chi connectivity index (χ1v) is 10.2. The number of aromatic nitrogens is 7. The van der Waals surface area contributed by atoms with Crippen molar-refractivity contribution in [3.05, 3.63) is 70.4 Å². The fraction of sp³-hybridized carbons (Fsp3) is 0.150. The largest absolute Gasteiger partial charge is 0.418 e. The average Bonchev–Trinajstić information content (AvgIpc) is 3.52. The molecule has 12 heteroatoms. The zero-order valence-corrected chi connectivity index (χ0v) is 17.1. The summed E-state index contributed by atoms with van der Waals surface area (Å²) >= 11 is 1.46. The number of hydrogen-bond donors (Lipinski definition) is 1. The minimum atomic E-state index is -4.61. The SMILES string of the molecule is CC(c1cc(F)c2nc(-c3nncn3-c3cnccc3C(F)(F)F)[nH]c2c1)c1nccs1. The molecule has 0 saturated carbocycles. The van der Waals surface area contributed by atoms with Gasteiger partial charge in [-0.1, -0.05) is 6.92 Å². The maximum atomic E-state index is 14.8. The molecule has 0 aliphatic rings. The van der Waals surface area contributed by atoms with Crippen LogP contribution in [0.1, 0.15) is 29.0 Å². The number of imidazole rings is 1. The number of thiazole rings is 1. The van der Waals surface area contributed by atoms with Crippen molar-refractivity contribution in [1.82, 2.24) is 34.7 Å². The molecule has 32 heavy (non-hydrogen) atoms. The third-order valence-electron chi connectivity index (χ3n) is 5.01. The molecule has 5 aromatic rings. The van der Waals surface area contributed by atoms with Gasteiger partial charge in [0.25, 0.3) is 0 Å². The highest BCUT2D eigenvalue weighted by Crippen LogP contribution is 2.35. The number of benzene rings is 1. The lowest BCUT2D eigenvalue weighted by Gasteiger charge is -2.13. The smallest absolute Gasteiger partial charge is 0.335 e. The van der Waals surface area contributed by atoms with Crippen molar-refractivity contribution in [2.24, 2.45) is 0 Å². The standard InChI is InChI=1S/C20H13F4N7S/c1-10(19-26-4-5-32-19)11-6-13(21)16-14(7-11)28-17(29-16)18-30-27-9-31(18)15-8-25-3-2-12(15)20(22,23)24/h2-10H,1H3,(H,28,29). The molecule has 0 aliphatic carbocycles. The average molecular weight is 459 g/mol. The molecule has 0 saturated heterocycles. The minimum absolute atomic E-state index is 0.00591. The van der Waals surface area contributed by atoms with Crippen molar-refractivity contribution in [3.8, 4) is 17.3 Å². The molecular weight excluding hydrogens is 446 g/mol. The Bertz CT molecular complexity index is 1410. The normalized spacial score (nSPS) is 13.0. The Kier molecular flexibility index (Phi) is 4.73. The molecule has 1 unspecified atom stereocenters. The van der Waals surface area contributed by atoms with Crippen LogP contribution < -0.4 is 0 Å². The van der Waals surface area contributed by atoms with E-state index in [9.17, 15) is 17.6 Å². The van der Waals surface area contributed by atoms with Gasteiger partial charge in [0, 0.05) is 23.7 Å². The lowest BCUT2D eigenvalue weighted by Crippen LogP contribution is -2.11. The Morgan fingerprint density at radius 1 is 1.19 bits per heavy atom. The number of rotatable bonds is 4. The van der Waals surface area contributed by atoms with Gasteiger partial charge in [-0.05, 0) is 23.8 Å². The highest BCUT2D eigenvalue weighted by atomic mass is 32.1. The van der Waals surface area contributed by atoms with Crippen LogP contribution in [0.4, 0.5) is 17.6 Å². The predicted octanol–water partition coefficient (Wildman–Crippen LogP) is 4.97. The van der Waals surface area contributed by atoms with E-state index in [4.69, 9.17) is 0 Å². The minimum Gasteiger partial charge on any atom is -0.335 e. The molecule has 1 atom stereocenters. The zero-order valence-electron chi connectivity index (χ0n) is 16.3. The summed E-state index contributed by atoms with van der Waals surface area (Å²) in [5, 5.41) is 10.3. The van der Waals surface area contributed by atoms with Crippen molar-refractivity contribution in [2.45, 2.75) is 19.0 Å². The third kappa shape index (κ3) is 3.42. The Balaban J connectivity index is 1.61. The molecule has 1 N–H and O–H groups in total. The van der Waals surface area contributed by atoms with Gasteiger partial charge in [-0.15, -0.1) is 21.5 Å². The number of alkyl halides is 3. The van der Waals surface area contributed by atoms with E-state index in [2.05, 4.69) is 30.1 Å². The van der Waals surface area contributed by atoms with Gasteiger partial charge >= 0.3 is 6.18 Å². The maximum absolute atomic E-state index is 14.8. The van der Waals surface area contributed by atoms with E-state index in [1.165, 1.54) is 17.4 Å². The van der Waals surface area contributed by atoms with Gasteiger partial charge < -0.3 is 4.98 Å². The second-order valence-electron chi connectivity index (χ2n) is 6.99. The summed E-state index contributed by atoms with van der Waals surface area (Å²) in [6.45, 7) is 1.91. The highest BCUT2D eigenvalue weighted by molar-refractivity contribution is 7.09. The fourth-order valence-corrected chi connectivity index (χ4v) is 4.16. The van der Waals surface area contributed by atoms with E-state index in [1.54, 1.807) is 12.3 Å². The van der Waals surface area contributed by atoms with Crippen LogP contribution in [0, 0.1) is 5.82 Å². The Hall–Kier alpha value is -3.67. The lowest BCUT2D eigenvalue weighted by atomic mass is 10.0. The van der Waals surface area contributed by atoms with Crippen molar-refractivity contribution in [2.75, 3.05) is 0 Å². The first-order chi connectivity index (χ1) is 15.3. The van der Waals surface area contributed by atoms with Crippen LogP contribution in [-0.4, -0.2) is 34.7 Å². The van der Waals surface area contributed by atoms with E-state index in [0.29, 0.717) is 11.1 Å². The third-order valence-corrected chi connectivity index (χ3v) is 5.97. The molecule has 7 nitrogen and oxygen atoms in total. The Morgan fingerprint density at radius 3 is 2.78 bits per heavy atom. The predicted molar refractivity (Wildman–Crippen MR) is 109 cm³/mol. The topological polar surface area (TPSA) is 85.2 Å². The van der Waals surface area contributed by atoms with Crippen LogP contribution in [-0.2, 0) is 6.18 Å². The molecule has 0 radical (unpaired) electrons. The number of pyridine rings is 1. The number of fused-ring (bicyclic) bond motifs is 1. The van der Waals surface area contributed by atoms with Crippen molar-refractivity contribution < 1.29 is 17.6 Å². The van der Waals surface area contributed by atoms with Crippen LogP contribution >= 0.6 is 11.3 Å². The van der Waals surface area contributed by atoms with E-state index < -0.39 is 17.6 Å². The van der Waals surface area contributed by atoms with Gasteiger partial charge in [0.1, 0.15) is 11.8 Å². The second kappa shape index (κ2) is 7.48. The molecule has 0 aliphatic heterocycles. The first-order valence-electron chi connectivity index (χ1n) is 9.33. The molecule has 0 spiro atoms. The molecule has 4 heterocycles. The first kappa shape index (κ1) is 20.2. The Labute approximate surface area is 181 Å². The quantitative estimate of drug-likeness (QED) is 0.384. The van der Waals surface area contributed by atoms with Gasteiger partial charge in [0.15, 0.2) is 11.6 Å². The fourth-order valence-electron chi connectivity index (χ4n) is 3.43. The van der Waals surface area contributed by atoms with E-state index in [1.807, 2.05) is 12.3 Å². The number of H-pyrrole nitrogens is 1. The number of hydrogen-bond acceptors (Lipinski definition) is 6. The van der Waals surface area contributed by atoms with Gasteiger partial charge in [0.2, 0.25) is 5.82 Å². The summed E-state index contributed by atoms with van der Waals surface area (Å²) in [6.07, 6.45) is 0.312. The monoisotopic (exact) mass is 459 g/mol. The second-order valence-corrected chi connectivity index (χ2v) is 7.92. The molecule has 0 fully saturated rings. The van der Waals surface area contributed by atoms with E-state index in [0.717, 1.165) is 34.4 Å². The van der Waals surface area contributed by atoms with Crippen LogP contribution in [0.15, 0.2) is 48.5 Å². The summed E-state index contributed by atoms with van der Waals surface area (Å²) < 4.78 is 56.4. The maximum Gasteiger partial charge on any atom is 0.418 e. The van der Waals surface area contributed by atoms with Crippen LogP contribution in [0.3, 0.4) is 0 Å². The number of halogens is 4. The summed E-state index contributed by atoms with van der Waals surface area (Å²) in [6, 6.07) is 3.99. The van der Waals surface area contributed by atoms with Crippen molar-refractivity contribution in [1.29, 1.82) is 0 Å². The lowest BCUT2D eigenvalue weighted by molar-refractivity contribution is -0.137. The molecule has 162 valence electrons. The van der Waals surface area contributed by atoms with Crippen molar-refractivity contribution in [3.63, 3.8) is 0 Å². The van der Waals surface area contributed by atoms with Crippen LogP contribution in [0.2, 0.25) is 0 Å².